The van der Waals surface area contributed by atoms with Gasteiger partial charge in [-0.05, 0) is 0 Å². The van der Waals surface area contributed by atoms with Crippen LogP contribution >= 0.6 is 0 Å². The average Bonchev–Trinajstić information content (AvgIpc) is 0. The summed E-state index contributed by atoms with van der Waals surface area (Å²) < 4.78 is 0. The molecule has 0 atom stereocenters. The van der Waals surface area contributed by atoms with Crippen LogP contribution in [0.15, 0.2) is 0 Å². The van der Waals surface area contributed by atoms with Gasteiger partial charge in [-0.2, -0.15) is 0 Å². The van der Waals surface area contributed by atoms with Gasteiger partial charge in [-0.1, -0.05) is 0 Å². The molecule has 0 unspecified atom stereocenters. The Kier molecular flexibility index (Phi) is 89.8. The van der Waals surface area contributed by atoms with Crippen molar-refractivity contribution in [3.8, 4) is 0 Å². The fourth-order valence-corrected chi connectivity index (χ4v) is 0. The van der Waals surface area contributed by atoms with E-state index in [1.54, 1.807) is 0 Å². The van der Waals surface area contributed by atoms with Crippen LogP contribution in [-0.2, 0) is 0 Å². The fourth-order valence-electron chi connectivity index (χ4n) is 0. The topological polar surface area (TPSA) is 0 Å². The van der Waals surface area contributed by atoms with Gasteiger partial charge in [0.25, 0.3) is 0 Å². The molecule has 0 aliphatic heterocycles. The van der Waals surface area contributed by atoms with E-state index >= 15 is 0 Å². The Morgan fingerprint density at radius 1 is 0.500 bits per heavy atom. The number of rotatable bonds is 0. The summed E-state index contributed by atoms with van der Waals surface area (Å²) in [6, 6.07) is 0. The minimum atomic E-state index is 0. The van der Waals surface area contributed by atoms with Gasteiger partial charge in [-0.25, -0.2) is 0 Å². The predicted molar refractivity (Wildman–Crippen MR) is 23.0 cm³/mol. The third kappa shape index (κ3) is 10.7. The van der Waals surface area contributed by atoms with Crippen molar-refractivity contribution in [3.63, 3.8) is 0 Å². The monoisotopic (exact) mass is 158 g/mol. The standard InChI is InChI=1S/2Ca.2K. The largest absolute Gasteiger partial charge is 0 e. The smallest absolute Gasteiger partial charge is 0 e. The summed E-state index contributed by atoms with van der Waals surface area (Å²) in [6.07, 6.45) is 0. The van der Waals surface area contributed by atoms with Crippen molar-refractivity contribution in [1.29, 1.82) is 0 Å². The molecule has 0 heterocycles. The Labute approximate surface area is 171 Å². The SMILES string of the molecule is [Ca].[Ca].[K].[K]. The van der Waals surface area contributed by atoms with E-state index in [9.17, 15) is 0 Å². The number of hydrogen-bond donors (Lipinski definition) is 0. The van der Waals surface area contributed by atoms with Crippen molar-refractivity contribution in [2.24, 2.45) is 0 Å². The molecular weight excluding hydrogens is 158 g/mol. The van der Waals surface area contributed by atoms with E-state index in [0.29, 0.717) is 0 Å². The van der Waals surface area contributed by atoms with Gasteiger partial charge in [0.2, 0.25) is 0 Å². The third-order valence-electron chi connectivity index (χ3n) is 0. The van der Waals surface area contributed by atoms with E-state index in [2.05, 4.69) is 0 Å². The second-order valence-electron chi connectivity index (χ2n) is 0. The zero-order chi connectivity index (χ0) is 0. The Bertz CT molecular complexity index is 4.00. The van der Waals surface area contributed by atoms with E-state index in [1.807, 2.05) is 0 Å². The van der Waals surface area contributed by atoms with Crippen LogP contribution in [0.3, 0.4) is 0 Å². The van der Waals surface area contributed by atoms with Crippen LogP contribution in [0.25, 0.3) is 0 Å². The Hall–Kier alpha value is 5.79. The maximum absolute atomic E-state index is 0. The van der Waals surface area contributed by atoms with E-state index in [0.717, 1.165) is 0 Å². The van der Waals surface area contributed by atoms with Crippen LogP contribution < -0.4 is 0 Å². The first-order valence-corrected chi connectivity index (χ1v) is 0. The summed E-state index contributed by atoms with van der Waals surface area (Å²) >= 11 is 0. The fraction of sp³-hybridized carbons (Fsp3) is 0. The molecule has 0 aliphatic carbocycles. The summed E-state index contributed by atoms with van der Waals surface area (Å²) in [7, 11) is 0. The maximum Gasteiger partial charge on any atom is 0 e. The molecule has 6 radical (unpaired) electrons. The van der Waals surface area contributed by atoms with Crippen LogP contribution in [0.2, 0.25) is 0 Å². The van der Waals surface area contributed by atoms with Gasteiger partial charge < -0.3 is 0 Å². The first-order valence-electron chi connectivity index (χ1n) is 0. The summed E-state index contributed by atoms with van der Waals surface area (Å²) in [5.74, 6) is 0. The zero-order valence-electron chi connectivity index (χ0n) is 3.41. The molecule has 0 N–H and O–H groups in total. The molecular formula is Ca2K2. The average molecular weight is 158 g/mol. The van der Waals surface area contributed by atoms with Crippen molar-refractivity contribution in [2.75, 3.05) is 0 Å². The van der Waals surface area contributed by atoms with Crippen LogP contribution in [-0.4, -0.2) is 178 Å². The Balaban J connectivity index is 0. The Morgan fingerprint density at radius 3 is 0.500 bits per heavy atom. The molecule has 0 aromatic rings. The first-order chi connectivity index (χ1) is 0. The molecule has 0 aromatic heterocycles. The molecule has 0 saturated heterocycles. The third-order valence-corrected chi connectivity index (χ3v) is 0. The minimum absolute atomic E-state index is 0. The summed E-state index contributed by atoms with van der Waals surface area (Å²) in [5.41, 5.74) is 0. The molecule has 0 aromatic carbocycles. The molecule has 0 nitrogen and oxygen atoms in total. The summed E-state index contributed by atoms with van der Waals surface area (Å²) in [4.78, 5) is 0. The van der Waals surface area contributed by atoms with E-state index in [4.69, 9.17) is 0 Å². The van der Waals surface area contributed by atoms with Crippen molar-refractivity contribution in [3.05, 3.63) is 0 Å². The van der Waals surface area contributed by atoms with Crippen molar-refractivity contribution >= 4 is 178 Å². The van der Waals surface area contributed by atoms with Crippen LogP contribution in [0.4, 0.5) is 0 Å². The summed E-state index contributed by atoms with van der Waals surface area (Å²) in [6.45, 7) is 0. The molecule has 0 amide bonds. The van der Waals surface area contributed by atoms with E-state index in [1.165, 1.54) is 0 Å². The molecule has 0 saturated carbocycles. The summed E-state index contributed by atoms with van der Waals surface area (Å²) in [5, 5.41) is 0. The minimum Gasteiger partial charge on any atom is 0 e. The first kappa shape index (κ1) is 22.6. The molecule has 4 heavy (non-hydrogen) atoms. The van der Waals surface area contributed by atoms with Crippen LogP contribution in [0, 0.1) is 0 Å². The van der Waals surface area contributed by atoms with Gasteiger partial charge in [0, 0.05) is 178 Å². The predicted octanol–water partition coefficient (Wildman–Crippen LogP) is -1.52. The molecule has 0 spiro atoms. The zero-order valence-corrected chi connectivity index (χ0v) is 14.1. The molecule has 0 aliphatic rings. The van der Waals surface area contributed by atoms with Gasteiger partial charge >= 0.3 is 0 Å². The maximum atomic E-state index is 0. The second-order valence-corrected chi connectivity index (χ2v) is 0. The molecule has 4 heteroatoms. The van der Waals surface area contributed by atoms with Gasteiger partial charge in [0.1, 0.15) is 0 Å². The second kappa shape index (κ2) is 15.9. The van der Waals surface area contributed by atoms with Crippen LogP contribution in [0.1, 0.15) is 0 Å². The van der Waals surface area contributed by atoms with E-state index < -0.39 is 0 Å². The van der Waals surface area contributed by atoms with Crippen molar-refractivity contribution in [2.45, 2.75) is 0 Å². The Morgan fingerprint density at radius 2 is 0.500 bits per heavy atom. The van der Waals surface area contributed by atoms with Gasteiger partial charge in [0.15, 0.2) is 0 Å². The molecule has 0 fully saturated rings. The van der Waals surface area contributed by atoms with E-state index in [-0.39, 0.29) is 178 Å². The molecule has 0 rings (SSSR count). The van der Waals surface area contributed by atoms with Gasteiger partial charge in [-0.3, -0.25) is 0 Å². The molecule has 6 valence electrons. The van der Waals surface area contributed by atoms with Crippen molar-refractivity contribution in [1.82, 2.24) is 0 Å². The van der Waals surface area contributed by atoms with Crippen molar-refractivity contribution < 1.29 is 0 Å². The van der Waals surface area contributed by atoms with Crippen LogP contribution in [0.5, 0.6) is 0 Å². The quantitative estimate of drug-likeness (QED) is 0.376. The molecule has 0 bridgehead atoms. The van der Waals surface area contributed by atoms with Gasteiger partial charge in [-0.15, -0.1) is 0 Å². The van der Waals surface area contributed by atoms with Gasteiger partial charge in [0.05, 0.1) is 0 Å². The number of hydrogen-bond acceptors (Lipinski definition) is 0. The normalized spacial score (nSPS) is 0.